The van der Waals surface area contributed by atoms with Crippen molar-refractivity contribution < 1.29 is 0 Å². The van der Waals surface area contributed by atoms with Crippen molar-refractivity contribution in [2.75, 3.05) is 40.3 Å². The standard InChI is InChI=1S/C17H37N3/c1-15(2)14-20(12-11-19(4)5)16(3)13-18-17-9-7-6-8-10-17/h15-18H,6-14H2,1-5H3. The highest BCUT2D eigenvalue weighted by Gasteiger charge is 2.18. The van der Waals surface area contributed by atoms with Crippen molar-refractivity contribution in [1.82, 2.24) is 15.1 Å². The lowest BCUT2D eigenvalue weighted by Crippen LogP contribution is -2.47. The van der Waals surface area contributed by atoms with Gasteiger partial charge < -0.3 is 10.2 Å². The van der Waals surface area contributed by atoms with Gasteiger partial charge in [0.2, 0.25) is 0 Å². The van der Waals surface area contributed by atoms with E-state index in [1.807, 2.05) is 0 Å². The molecular formula is C17H37N3. The highest BCUT2D eigenvalue weighted by molar-refractivity contribution is 4.77. The first-order chi connectivity index (χ1) is 9.49. The van der Waals surface area contributed by atoms with Gasteiger partial charge in [-0.25, -0.2) is 0 Å². The van der Waals surface area contributed by atoms with Crippen LogP contribution < -0.4 is 5.32 Å². The van der Waals surface area contributed by atoms with Gasteiger partial charge in [-0.1, -0.05) is 33.1 Å². The van der Waals surface area contributed by atoms with Crippen molar-refractivity contribution in [3.8, 4) is 0 Å². The smallest absolute Gasteiger partial charge is 0.0193 e. The van der Waals surface area contributed by atoms with Crippen LogP contribution in [-0.4, -0.2) is 62.2 Å². The molecule has 0 heterocycles. The van der Waals surface area contributed by atoms with E-state index in [1.165, 1.54) is 45.2 Å². The zero-order valence-corrected chi connectivity index (χ0v) is 14.5. The molecule has 1 N–H and O–H groups in total. The second-order valence-corrected chi connectivity index (χ2v) is 7.28. The van der Waals surface area contributed by atoms with Crippen LogP contribution in [0.15, 0.2) is 0 Å². The molecule has 0 aromatic heterocycles. The maximum atomic E-state index is 3.81. The highest BCUT2D eigenvalue weighted by Crippen LogP contribution is 2.17. The lowest BCUT2D eigenvalue weighted by Gasteiger charge is -2.33. The minimum absolute atomic E-state index is 0.638. The van der Waals surface area contributed by atoms with Crippen molar-refractivity contribution in [3.05, 3.63) is 0 Å². The SMILES string of the molecule is CC(C)CN(CCN(C)C)C(C)CNC1CCCCC1. The van der Waals surface area contributed by atoms with Crippen molar-refractivity contribution in [2.45, 2.75) is 65.0 Å². The quantitative estimate of drug-likeness (QED) is 0.702. The van der Waals surface area contributed by atoms with Crippen molar-refractivity contribution >= 4 is 0 Å². The minimum Gasteiger partial charge on any atom is -0.312 e. The summed E-state index contributed by atoms with van der Waals surface area (Å²) in [5.41, 5.74) is 0. The number of hydrogen-bond donors (Lipinski definition) is 1. The maximum Gasteiger partial charge on any atom is 0.0193 e. The third-order valence-electron chi connectivity index (χ3n) is 4.36. The van der Waals surface area contributed by atoms with Gasteiger partial charge in [-0.3, -0.25) is 4.90 Å². The Labute approximate surface area is 127 Å². The largest absolute Gasteiger partial charge is 0.312 e. The van der Waals surface area contributed by atoms with Crippen LogP contribution >= 0.6 is 0 Å². The summed E-state index contributed by atoms with van der Waals surface area (Å²) in [6, 6.07) is 1.42. The van der Waals surface area contributed by atoms with E-state index in [2.05, 4.69) is 50.0 Å². The molecule has 0 aliphatic heterocycles. The van der Waals surface area contributed by atoms with E-state index >= 15 is 0 Å². The Morgan fingerprint density at radius 2 is 1.65 bits per heavy atom. The zero-order chi connectivity index (χ0) is 15.0. The monoisotopic (exact) mass is 283 g/mol. The molecular weight excluding hydrogens is 246 g/mol. The lowest BCUT2D eigenvalue weighted by atomic mass is 9.95. The second-order valence-electron chi connectivity index (χ2n) is 7.28. The van der Waals surface area contributed by atoms with Gasteiger partial charge in [-0.05, 0) is 39.8 Å². The predicted molar refractivity (Wildman–Crippen MR) is 89.3 cm³/mol. The fraction of sp³-hybridized carbons (Fsp3) is 1.00. The Kier molecular flexibility index (Phi) is 8.74. The van der Waals surface area contributed by atoms with Gasteiger partial charge in [0, 0.05) is 38.3 Å². The maximum absolute atomic E-state index is 3.81. The summed E-state index contributed by atoms with van der Waals surface area (Å²) >= 11 is 0. The molecule has 120 valence electrons. The average Bonchev–Trinajstić information content (AvgIpc) is 2.41. The summed E-state index contributed by atoms with van der Waals surface area (Å²) in [4.78, 5) is 4.94. The fourth-order valence-corrected chi connectivity index (χ4v) is 3.06. The molecule has 0 spiro atoms. The Morgan fingerprint density at radius 3 is 2.20 bits per heavy atom. The number of likely N-dealkylation sites (N-methyl/N-ethyl adjacent to an activating group) is 1. The van der Waals surface area contributed by atoms with Gasteiger partial charge >= 0.3 is 0 Å². The molecule has 0 saturated heterocycles. The first kappa shape index (κ1) is 17.9. The molecule has 0 aromatic rings. The number of rotatable bonds is 9. The molecule has 0 bridgehead atoms. The van der Waals surface area contributed by atoms with E-state index in [9.17, 15) is 0 Å². The molecule has 0 amide bonds. The summed E-state index contributed by atoms with van der Waals surface area (Å²) < 4.78 is 0. The van der Waals surface area contributed by atoms with Crippen molar-refractivity contribution in [1.29, 1.82) is 0 Å². The van der Waals surface area contributed by atoms with Crippen LogP contribution in [0.1, 0.15) is 52.9 Å². The lowest BCUT2D eigenvalue weighted by molar-refractivity contribution is 0.162. The van der Waals surface area contributed by atoms with Crippen LogP contribution in [0, 0.1) is 5.92 Å². The van der Waals surface area contributed by atoms with E-state index < -0.39 is 0 Å². The first-order valence-electron chi connectivity index (χ1n) is 8.61. The van der Waals surface area contributed by atoms with Crippen molar-refractivity contribution in [3.63, 3.8) is 0 Å². The molecule has 20 heavy (non-hydrogen) atoms. The van der Waals surface area contributed by atoms with E-state index in [4.69, 9.17) is 0 Å². The molecule has 1 saturated carbocycles. The third-order valence-corrected chi connectivity index (χ3v) is 4.36. The van der Waals surface area contributed by atoms with Crippen LogP contribution in [0.25, 0.3) is 0 Å². The minimum atomic E-state index is 0.638. The van der Waals surface area contributed by atoms with Gasteiger partial charge in [0.25, 0.3) is 0 Å². The van der Waals surface area contributed by atoms with Crippen molar-refractivity contribution in [2.24, 2.45) is 5.92 Å². The molecule has 1 unspecified atom stereocenters. The van der Waals surface area contributed by atoms with Gasteiger partial charge in [-0.15, -0.1) is 0 Å². The predicted octanol–water partition coefficient (Wildman–Crippen LogP) is 2.82. The van der Waals surface area contributed by atoms with E-state index in [-0.39, 0.29) is 0 Å². The van der Waals surface area contributed by atoms with Crippen LogP contribution in [0.4, 0.5) is 0 Å². The van der Waals surface area contributed by atoms with E-state index in [1.54, 1.807) is 0 Å². The molecule has 1 aliphatic rings. The summed E-state index contributed by atoms with van der Waals surface area (Å²) in [5, 5.41) is 3.81. The second kappa shape index (κ2) is 9.75. The van der Waals surface area contributed by atoms with Gasteiger partial charge in [0.15, 0.2) is 0 Å². The van der Waals surface area contributed by atoms with Gasteiger partial charge in [0.05, 0.1) is 0 Å². The van der Waals surface area contributed by atoms with Gasteiger partial charge in [-0.2, -0.15) is 0 Å². The molecule has 1 rings (SSSR count). The van der Waals surface area contributed by atoms with Crippen LogP contribution in [0.3, 0.4) is 0 Å². The molecule has 3 nitrogen and oxygen atoms in total. The Hall–Kier alpha value is -0.120. The highest BCUT2D eigenvalue weighted by atomic mass is 15.2. The van der Waals surface area contributed by atoms with E-state index in [0.717, 1.165) is 25.0 Å². The summed E-state index contributed by atoms with van der Waals surface area (Å²) in [6.45, 7) is 11.7. The average molecular weight is 284 g/mol. The summed E-state index contributed by atoms with van der Waals surface area (Å²) in [7, 11) is 4.33. The fourth-order valence-electron chi connectivity index (χ4n) is 3.06. The molecule has 0 aromatic carbocycles. The Bertz CT molecular complexity index is 234. The molecule has 1 aliphatic carbocycles. The molecule has 0 radical (unpaired) electrons. The summed E-state index contributed by atoms with van der Waals surface area (Å²) in [6.07, 6.45) is 7.05. The molecule has 3 heteroatoms. The number of nitrogens with one attached hydrogen (secondary N) is 1. The van der Waals surface area contributed by atoms with Crippen LogP contribution in [-0.2, 0) is 0 Å². The van der Waals surface area contributed by atoms with E-state index in [0.29, 0.717) is 6.04 Å². The van der Waals surface area contributed by atoms with Crippen LogP contribution in [0.5, 0.6) is 0 Å². The van der Waals surface area contributed by atoms with Crippen LogP contribution in [0.2, 0.25) is 0 Å². The summed E-state index contributed by atoms with van der Waals surface area (Å²) in [5.74, 6) is 0.745. The Morgan fingerprint density at radius 1 is 1.00 bits per heavy atom. The number of hydrogen-bond acceptors (Lipinski definition) is 3. The van der Waals surface area contributed by atoms with Gasteiger partial charge in [0.1, 0.15) is 0 Å². The molecule has 1 fully saturated rings. The topological polar surface area (TPSA) is 18.5 Å². The first-order valence-corrected chi connectivity index (χ1v) is 8.61. The Balaban J connectivity index is 2.34. The zero-order valence-electron chi connectivity index (χ0n) is 14.5. The molecule has 1 atom stereocenters. The number of nitrogens with zero attached hydrogens (tertiary/aromatic N) is 2. The third kappa shape index (κ3) is 7.61. The normalized spacial score (nSPS) is 19.2.